The Bertz CT molecular complexity index is 209. The van der Waals surface area contributed by atoms with Crippen LogP contribution in [0.5, 0.6) is 0 Å². The zero-order valence-electron chi connectivity index (χ0n) is 6.21. The Morgan fingerprint density at radius 1 is 1.36 bits per heavy atom. The summed E-state index contributed by atoms with van der Waals surface area (Å²) in [7, 11) is 0. The van der Waals surface area contributed by atoms with Crippen molar-refractivity contribution in [2.75, 3.05) is 6.61 Å². The molecule has 0 aromatic rings. The molecule has 3 nitrogen and oxygen atoms in total. The Balaban J connectivity index is 2.11. The third kappa shape index (κ3) is 1.04. The molecule has 1 saturated heterocycles. The van der Waals surface area contributed by atoms with Crippen molar-refractivity contribution in [3.63, 3.8) is 0 Å². The average molecular weight is 154 g/mol. The highest BCUT2D eigenvalue weighted by atomic mass is 16.5. The molecule has 0 N–H and O–H groups in total. The largest absolute Gasteiger partial charge is 0.465 e. The summed E-state index contributed by atoms with van der Waals surface area (Å²) in [4.78, 5) is 21.9. The quantitative estimate of drug-likeness (QED) is 0.478. The van der Waals surface area contributed by atoms with Crippen molar-refractivity contribution < 1.29 is 14.3 Å². The molecule has 2 atom stereocenters. The first-order chi connectivity index (χ1) is 5.27. The monoisotopic (exact) mass is 154 g/mol. The molecule has 0 aromatic carbocycles. The summed E-state index contributed by atoms with van der Waals surface area (Å²) in [6.45, 7) is 0.468. The number of fused-ring (bicyclic) bond motifs is 1. The highest BCUT2D eigenvalue weighted by Crippen LogP contribution is 2.33. The summed E-state index contributed by atoms with van der Waals surface area (Å²) >= 11 is 0. The number of ketones is 1. The number of esters is 1. The van der Waals surface area contributed by atoms with Gasteiger partial charge in [0.1, 0.15) is 5.78 Å². The number of cyclic esters (lactones) is 1. The van der Waals surface area contributed by atoms with E-state index in [0.29, 0.717) is 25.9 Å². The SMILES string of the molecule is O=C1CC[C@@H]2C(=O)OC[C@@H]2C1. The van der Waals surface area contributed by atoms with Crippen LogP contribution >= 0.6 is 0 Å². The maximum Gasteiger partial charge on any atom is 0.309 e. The number of hydrogen-bond acceptors (Lipinski definition) is 3. The first-order valence-corrected chi connectivity index (χ1v) is 3.95. The minimum Gasteiger partial charge on any atom is -0.465 e. The molecule has 0 amide bonds. The molecule has 11 heavy (non-hydrogen) atoms. The van der Waals surface area contributed by atoms with Gasteiger partial charge in [-0.15, -0.1) is 0 Å². The van der Waals surface area contributed by atoms with Crippen molar-refractivity contribution in [2.45, 2.75) is 19.3 Å². The van der Waals surface area contributed by atoms with Gasteiger partial charge in [0, 0.05) is 18.8 Å². The fourth-order valence-corrected chi connectivity index (χ4v) is 1.87. The molecule has 3 heteroatoms. The van der Waals surface area contributed by atoms with E-state index in [1.807, 2.05) is 0 Å². The Kier molecular flexibility index (Phi) is 1.44. The molecular weight excluding hydrogens is 144 g/mol. The fraction of sp³-hybridized carbons (Fsp3) is 0.750. The minimum absolute atomic E-state index is 0.0349. The van der Waals surface area contributed by atoms with Gasteiger partial charge in [-0.05, 0) is 6.42 Å². The van der Waals surface area contributed by atoms with Crippen molar-refractivity contribution in [2.24, 2.45) is 11.8 Å². The topological polar surface area (TPSA) is 43.4 Å². The van der Waals surface area contributed by atoms with Crippen LogP contribution in [-0.2, 0) is 14.3 Å². The van der Waals surface area contributed by atoms with E-state index in [1.165, 1.54) is 0 Å². The van der Waals surface area contributed by atoms with Crippen LogP contribution in [-0.4, -0.2) is 18.4 Å². The van der Waals surface area contributed by atoms with Crippen LogP contribution in [0.4, 0.5) is 0 Å². The molecule has 1 aliphatic carbocycles. The lowest BCUT2D eigenvalue weighted by Gasteiger charge is -2.18. The Hall–Kier alpha value is -0.860. The second-order valence-corrected chi connectivity index (χ2v) is 3.28. The molecule has 0 spiro atoms. The molecule has 0 unspecified atom stereocenters. The lowest BCUT2D eigenvalue weighted by atomic mass is 9.81. The van der Waals surface area contributed by atoms with E-state index in [-0.39, 0.29) is 23.6 Å². The fourth-order valence-electron chi connectivity index (χ4n) is 1.87. The molecule has 2 rings (SSSR count). The standard InChI is InChI=1S/C8H10O3/c9-6-1-2-7-5(3-6)4-11-8(7)10/h5,7H,1-4H2/t5-,7-/m0/s1. The third-order valence-electron chi connectivity index (χ3n) is 2.54. The summed E-state index contributed by atoms with van der Waals surface area (Å²) in [5.41, 5.74) is 0. The zero-order chi connectivity index (χ0) is 7.84. The van der Waals surface area contributed by atoms with E-state index >= 15 is 0 Å². The predicted octanol–water partition coefficient (Wildman–Crippen LogP) is 0.529. The first-order valence-electron chi connectivity index (χ1n) is 3.95. The van der Waals surface area contributed by atoms with Gasteiger partial charge >= 0.3 is 5.97 Å². The molecule has 1 aliphatic heterocycles. The van der Waals surface area contributed by atoms with E-state index in [1.54, 1.807) is 0 Å². The maximum atomic E-state index is 11.0. The van der Waals surface area contributed by atoms with Crippen molar-refractivity contribution in [1.29, 1.82) is 0 Å². The van der Waals surface area contributed by atoms with Crippen LogP contribution in [0.25, 0.3) is 0 Å². The van der Waals surface area contributed by atoms with E-state index in [0.717, 1.165) is 0 Å². The van der Waals surface area contributed by atoms with E-state index in [2.05, 4.69) is 0 Å². The van der Waals surface area contributed by atoms with Gasteiger partial charge in [0.25, 0.3) is 0 Å². The van der Waals surface area contributed by atoms with Crippen LogP contribution in [0, 0.1) is 11.8 Å². The van der Waals surface area contributed by atoms with E-state index in [4.69, 9.17) is 4.74 Å². The Labute approximate surface area is 64.7 Å². The summed E-state index contributed by atoms with van der Waals surface area (Å²) in [5, 5.41) is 0. The third-order valence-corrected chi connectivity index (χ3v) is 2.54. The molecule has 2 fully saturated rings. The highest BCUT2D eigenvalue weighted by molar-refractivity contribution is 5.84. The van der Waals surface area contributed by atoms with Crippen LogP contribution in [0.3, 0.4) is 0 Å². The lowest BCUT2D eigenvalue weighted by Crippen LogP contribution is -2.25. The predicted molar refractivity (Wildman–Crippen MR) is 36.8 cm³/mol. The molecule has 1 saturated carbocycles. The summed E-state index contributed by atoms with van der Waals surface area (Å²) in [6.07, 6.45) is 1.83. The minimum atomic E-state index is -0.0949. The molecule has 2 aliphatic rings. The van der Waals surface area contributed by atoms with Crippen molar-refractivity contribution in [3.8, 4) is 0 Å². The van der Waals surface area contributed by atoms with Gasteiger partial charge in [0.15, 0.2) is 0 Å². The smallest absolute Gasteiger partial charge is 0.309 e. The van der Waals surface area contributed by atoms with Crippen LogP contribution in [0.1, 0.15) is 19.3 Å². The van der Waals surface area contributed by atoms with Gasteiger partial charge in [-0.1, -0.05) is 0 Å². The van der Waals surface area contributed by atoms with Crippen LogP contribution in [0.2, 0.25) is 0 Å². The Morgan fingerprint density at radius 3 is 3.00 bits per heavy atom. The normalized spacial score (nSPS) is 36.7. The number of ether oxygens (including phenoxy) is 1. The van der Waals surface area contributed by atoms with Gasteiger partial charge in [-0.25, -0.2) is 0 Å². The van der Waals surface area contributed by atoms with Crippen molar-refractivity contribution in [1.82, 2.24) is 0 Å². The summed E-state index contributed by atoms with van der Waals surface area (Å²) in [6, 6.07) is 0. The number of hydrogen-bond donors (Lipinski definition) is 0. The lowest BCUT2D eigenvalue weighted by molar-refractivity contribution is -0.141. The van der Waals surface area contributed by atoms with Gasteiger partial charge in [-0.2, -0.15) is 0 Å². The molecule has 1 heterocycles. The number of Topliss-reactive ketones (excluding diaryl/α,β-unsaturated/α-hetero) is 1. The molecule has 0 radical (unpaired) electrons. The molecule has 0 bridgehead atoms. The highest BCUT2D eigenvalue weighted by Gasteiger charge is 2.40. The number of carbonyl (C=O) groups excluding carboxylic acids is 2. The van der Waals surface area contributed by atoms with Crippen molar-refractivity contribution >= 4 is 11.8 Å². The van der Waals surface area contributed by atoms with Crippen LogP contribution < -0.4 is 0 Å². The molecular formula is C8H10O3. The van der Waals surface area contributed by atoms with Gasteiger partial charge in [0.05, 0.1) is 12.5 Å². The second-order valence-electron chi connectivity index (χ2n) is 3.28. The van der Waals surface area contributed by atoms with Gasteiger partial charge in [-0.3, -0.25) is 9.59 Å². The zero-order valence-corrected chi connectivity index (χ0v) is 6.21. The number of rotatable bonds is 0. The van der Waals surface area contributed by atoms with E-state index < -0.39 is 0 Å². The molecule has 0 aromatic heterocycles. The van der Waals surface area contributed by atoms with Gasteiger partial charge < -0.3 is 4.74 Å². The second kappa shape index (κ2) is 2.32. The van der Waals surface area contributed by atoms with Crippen molar-refractivity contribution in [3.05, 3.63) is 0 Å². The van der Waals surface area contributed by atoms with Gasteiger partial charge in [0.2, 0.25) is 0 Å². The average Bonchev–Trinajstić information content (AvgIpc) is 2.32. The summed E-state index contributed by atoms with van der Waals surface area (Å²) in [5.74, 6) is 0.420. The molecule has 60 valence electrons. The number of carbonyl (C=O) groups is 2. The summed E-state index contributed by atoms with van der Waals surface area (Å²) < 4.78 is 4.86. The maximum absolute atomic E-state index is 11.0. The van der Waals surface area contributed by atoms with E-state index in [9.17, 15) is 9.59 Å². The van der Waals surface area contributed by atoms with Crippen LogP contribution in [0.15, 0.2) is 0 Å². The first kappa shape index (κ1) is 6.83. The Morgan fingerprint density at radius 2 is 2.18 bits per heavy atom.